The van der Waals surface area contributed by atoms with Gasteiger partial charge in [0, 0.05) is 18.7 Å². The van der Waals surface area contributed by atoms with Crippen molar-refractivity contribution < 1.29 is 9.53 Å². The van der Waals surface area contributed by atoms with Crippen LogP contribution in [0.1, 0.15) is 37.8 Å². The van der Waals surface area contributed by atoms with E-state index in [0.717, 1.165) is 37.0 Å². The van der Waals surface area contributed by atoms with Crippen molar-refractivity contribution in [2.24, 2.45) is 0 Å². The van der Waals surface area contributed by atoms with Gasteiger partial charge in [0.2, 0.25) is 5.91 Å². The molecule has 2 aromatic carbocycles. The lowest BCUT2D eigenvalue weighted by atomic mass is 10.1. The second-order valence-corrected chi connectivity index (χ2v) is 9.61. The molecular weight excluding hydrogens is 468 g/mol. The molecule has 9 heteroatoms. The van der Waals surface area contributed by atoms with E-state index < -0.39 is 0 Å². The summed E-state index contributed by atoms with van der Waals surface area (Å²) in [5, 5.41) is 9.95. The van der Waals surface area contributed by atoms with Crippen LogP contribution < -0.4 is 16.0 Å². The van der Waals surface area contributed by atoms with Crippen LogP contribution in [0.2, 0.25) is 0 Å². The number of likely N-dealkylation sites (tertiary alicyclic amines) is 1. The van der Waals surface area contributed by atoms with Crippen LogP contribution in [0.4, 0.5) is 5.82 Å². The molecule has 0 radical (unpaired) electrons. The second-order valence-electron chi connectivity index (χ2n) is 9.61. The maximum atomic E-state index is 13.7. The van der Waals surface area contributed by atoms with E-state index in [2.05, 4.69) is 11.7 Å². The van der Waals surface area contributed by atoms with Crippen molar-refractivity contribution in [3.63, 3.8) is 0 Å². The molecule has 1 saturated carbocycles. The van der Waals surface area contributed by atoms with Crippen molar-refractivity contribution in [2.45, 2.75) is 37.8 Å². The van der Waals surface area contributed by atoms with E-state index in [0.29, 0.717) is 35.4 Å². The Morgan fingerprint density at radius 3 is 2.41 bits per heavy atom. The first kappa shape index (κ1) is 23.0. The Labute approximate surface area is 213 Å². The predicted octanol–water partition coefficient (Wildman–Crippen LogP) is 4.32. The number of fused-ring (bicyclic) bond motifs is 1. The number of hydrogen-bond donors (Lipinski definition) is 1. The lowest BCUT2D eigenvalue weighted by Gasteiger charge is -2.32. The number of aromatic nitrogens is 4. The van der Waals surface area contributed by atoms with E-state index in [1.54, 1.807) is 9.58 Å². The first-order chi connectivity index (χ1) is 18.0. The van der Waals surface area contributed by atoms with Gasteiger partial charge in [0.15, 0.2) is 5.82 Å². The molecule has 1 atom stereocenters. The van der Waals surface area contributed by atoms with Gasteiger partial charge in [-0.3, -0.25) is 14.3 Å². The zero-order valence-electron chi connectivity index (χ0n) is 20.4. The third kappa shape index (κ3) is 4.26. The van der Waals surface area contributed by atoms with Crippen molar-refractivity contribution in [1.82, 2.24) is 24.5 Å². The number of nitrogens with zero attached hydrogens (tertiary/aromatic N) is 5. The normalized spacial score (nSPS) is 17.6. The van der Waals surface area contributed by atoms with Crippen molar-refractivity contribution in [1.29, 1.82) is 0 Å². The second kappa shape index (κ2) is 9.24. The topological polar surface area (TPSA) is 108 Å². The van der Waals surface area contributed by atoms with Crippen LogP contribution in [0, 0.1) is 0 Å². The van der Waals surface area contributed by atoms with Gasteiger partial charge in [-0.1, -0.05) is 24.8 Å². The molecule has 0 bridgehead atoms. The highest BCUT2D eigenvalue weighted by molar-refractivity contribution is 5.99. The van der Waals surface area contributed by atoms with Gasteiger partial charge in [-0.25, -0.2) is 4.68 Å². The van der Waals surface area contributed by atoms with Gasteiger partial charge in [0.05, 0.1) is 17.5 Å². The highest BCUT2D eigenvalue weighted by Crippen LogP contribution is 2.37. The lowest BCUT2D eigenvalue weighted by molar-refractivity contribution is -0.127. The summed E-state index contributed by atoms with van der Waals surface area (Å²) >= 11 is 0. The Morgan fingerprint density at radius 2 is 1.70 bits per heavy atom. The summed E-state index contributed by atoms with van der Waals surface area (Å²) < 4.78 is 9.22. The van der Waals surface area contributed by atoms with Crippen LogP contribution in [0.3, 0.4) is 0 Å². The zero-order valence-corrected chi connectivity index (χ0v) is 20.4. The van der Waals surface area contributed by atoms with Crippen molar-refractivity contribution in [2.75, 3.05) is 18.8 Å². The number of benzene rings is 2. The fraction of sp³-hybridized carbons (Fsp3) is 0.286. The summed E-state index contributed by atoms with van der Waals surface area (Å²) in [6.07, 6.45) is 4.76. The SMILES string of the molecule is C=CC(=O)N1CCCC(n2nc(-c3ccc(Oc4ccccc4)cc3)c3c(N)nn(C4CC4)c(=O)c32)C1. The van der Waals surface area contributed by atoms with Crippen LogP contribution in [-0.4, -0.2) is 43.5 Å². The minimum Gasteiger partial charge on any atom is -0.457 e. The first-order valence-electron chi connectivity index (χ1n) is 12.6. The third-order valence-electron chi connectivity index (χ3n) is 7.02. The minimum atomic E-state index is -0.193. The van der Waals surface area contributed by atoms with Gasteiger partial charge in [-0.2, -0.15) is 10.2 Å². The fourth-order valence-electron chi connectivity index (χ4n) is 5.02. The molecule has 1 amide bonds. The molecule has 188 valence electrons. The van der Waals surface area contributed by atoms with Gasteiger partial charge in [-0.15, -0.1) is 0 Å². The van der Waals surface area contributed by atoms with E-state index in [4.69, 9.17) is 15.6 Å². The molecule has 6 rings (SSSR count). The molecule has 9 nitrogen and oxygen atoms in total. The quantitative estimate of drug-likeness (QED) is 0.398. The van der Waals surface area contributed by atoms with Crippen molar-refractivity contribution in [3.05, 3.63) is 77.6 Å². The molecule has 2 fully saturated rings. The molecule has 2 aromatic heterocycles. The number of carbonyl (C=O) groups excluding carboxylic acids is 1. The molecule has 2 aliphatic rings. The van der Waals surface area contributed by atoms with Crippen LogP contribution in [0.25, 0.3) is 22.2 Å². The van der Waals surface area contributed by atoms with E-state index in [1.807, 2.05) is 54.6 Å². The van der Waals surface area contributed by atoms with Crippen LogP contribution in [-0.2, 0) is 4.79 Å². The summed E-state index contributed by atoms with van der Waals surface area (Å²) in [5.74, 6) is 1.59. The lowest BCUT2D eigenvalue weighted by Crippen LogP contribution is -2.40. The zero-order chi connectivity index (χ0) is 25.5. The highest BCUT2D eigenvalue weighted by atomic mass is 16.5. The molecule has 37 heavy (non-hydrogen) atoms. The Morgan fingerprint density at radius 1 is 0.973 bits per heavy atom. The molecule has 0 spiro atoms. The van der Waals surface area contributed by atoms with Gasteiger partial charge >= 0.3 is 0 Å². The summed E-state index contributed by atoms with van der Waals surface area (Å²) in [6.45, 7) is 4.74. The number of hydrogen-bond acceptors (Lipinski definition) is 6. The molecule has 1 saturated heterocycles. The van der Waals surface area contributed by atoms with Gasteiger partial charge in [0.25, 0.3) is 5.56 Å². The molecule has 1 aliphatic heterocycles. The fourth-order valence-corrected chi connectivity index (χ4v) is 5.02. The minimum absolute atomic E-state index is 0.0746. The molecule has 4 aromatic rings. The number of nitrogen functional groups attached to an aromatic ring is 1. The van der Waals surface area contributed by atoms with Crippen LogP contribution in [0.15, 0.2) is 72.0 Å². The third-order valence-corrected chi connectivity index (χ3v) is 7.02. The van der Waals surface area contributed by atoms with Gasteiger partial charge in [0.1, 0.15) is 22.7 Å². The predicted molar refractivity (Wildman–Crippen MR) is 141 cm³/mol. The first-order valence-corrected chi connectivity index (χ1v) is 12.6. The number of anilines is 1. The molecule has 1 unspecified atom stereocenters. The summed E-state index contributed by atoms with van der Waals surface area (Å²) in [4.78, 5) is 27.8. The monoisotopic (exact) mass is 496 g/mol. The number of amides is 1. The maximum absolute atomic E-state index is 13.7. The Bertz CT molecular complexity index is 1540. The highest BCUT2D eigenvalue weighted by Gasteiger charge is 2.32. The Hall–Kier alpha value is -4.40. The smallest absolute Gasteiger partial charge is 0.293 e. The van der Waals surface area contributed by atoms with Gasteiger partial charge in [-0.05, 0) is 68.2 Å². The van der Waals surface area contributed by atoms with E-state index in [-0.39, 0.29) is 29.4 Å². The number of rotatable bonds is 6. The number of para-hydroxylation sites is 1. The average Bonchev–Trinajstić information content (AvgIpc) is 3.70. The van der Waals surface area contributed by atoms with Gasteiger partial charge < -0.3 is 15.4 Å². The van der Waals surface area contributed by atoms with E-state index in [1.165, 1.54) is 10.8 Å². The van der Waals surface area contributed by atoms with Crippen molar-refractivity contribution >= 4 is 22.6 Å². The van der Waals surface area contributed by atoms with E-state index >= 15 is 0 Å². The van der Waals surface area contributed by atoms with Crippen LogP contribution in [0.5, 0.6) is 11.5 Å². The number of piperidine rings is 1. The summed E-state index contributed by atoms with van der Waals surface area (Å²) in [5.41, 5.74) is 8.12. The summed E-state index contributed by atoms with van der Waals surface area (Å²) in [6, 6.07) is 17.0. The molecular formula is C28H28N6O3. The summed E-state index contributed by atoms with van der Waals surface area (Å²) in [7, 11) is 0. The van der Waals surface area contributed by atoms with Crippen molar-refractivity contribution in [3.8, 4) is 22.8 Å². The Kier molecular flexibility index (Phi) is 5.75. The molecule has 1 aliphatic carbocycles. The largest absolute Gasteiger partial charge is 0.457 e. The standard InChI is InChI=1S/C28H28N6O3/c1-2-23(35)32-16-6-7-20(17-32)33-26-24(27(29)31-34(28(26)36)19-12-13-19)25(30-33)18-10-14-22(15-11-18)37-21-8-4-3-5-9-21/h2-5,8-11,14-15,19-20H,1,6-7,12-13,16-17H2,(H2,29,31). The van der Waals surface area contributed by atoms with E-state index in [9.17, 15) is 9.59 Å². The average molecular weight is 497 g/mol. The Balaban J connectivity index is 1.44. The van der Waals surface area contributed by atoms with Crippen LogP contribution >= 0.6 is 0 Å². The molecule has 3 heterocycles. The maximum Gasteiger partial charge on any atom is 0.293 e. The number of carbonyl (C=O) groups is 1. The number of nitrogens with two attached hydrogens (primary N) is 1. The molecule has 2 N–H and O–H groups in total. The number of ether oxygens (including phenoxy) is 1.